The zero-order valence-electron chi connectivity index (χ0n) is 12.6. The Morgan fingerprint density at radius 1 is 1.40 bits per heavy atom. The van der Waals surface area contributed by atoms with Gasteiger partial charge in [-0.25, -0.2) is 0 Å². The number of nitrogens with one attached hydrogen (secondary N) is 1. The summed E-state index contributed by atoms with van der Waals surface area (Å²) in [6.07, 6.45) is 1.30. The van der Waals surface area contributed by atoms with Crippen molar-refractivity contribution < 1.29 is 4.79 Å². The fourth-order valence-electron chi connectivity index (χ4n) is 2.41. The van der Waals surface area contributed by atoms with Gasteiger partial charge in [-0.1, -0.05) is 45.4 Å². The number of benzene rings is 1. The standard InChI is InChI=1S/C16H23ClN2O/c1-9(16(2,3)4)5-13(18)11-6-10-7-15(20)19-14(10)8-12(11)17/h6,8-9,13H,5,7,18H2,1-4H3,(H,19,20). The first-order chi connectivity index (χ1) is 9.18. The van der Waals surface area contributed by atoms with E-state index in [0.717, 1.165) is 23.2 Å². The minimum absolute atomic E-state index is 0.0184. The molecule has 0 spiro atoms. The first-order valence-corrected chi connectivity index (χ1v) is 7.44. The van der Waals surface area contributed by atoms with E-state index in [1.165, 1.54) is 0 Å². The van der Waals surface area contributed by atoms with Gasteiger partial charge in [0.1, 0.15) is 0 Å². The predicted molar refractivity (Wildman–Crippen MR) is 84.0 cm³/mol. The third-order valence-electron chi connectivity index (χ3n) is 4.33. The number of hydrogen-bond donors (Lipinski definition) is 2. The molecule has 0 saturated heterocycles. The van der Waals surface area contributed by atoms with Gasteiger partial charge in [0.15, 0.2) is 0 Å². The van der Waals surface area contributed by atoms with Crippen molar-refractivity contribution in [3.05, 3.63) is 28.3 Å². The molecule has 3 N–H and O–H groups in total. The zero-order valence-corrected chi connectivity index (χ0v) is 13.3. The molecule has 0 saturated carbocycles. The monoisotopic (exact) mass is 294 g/mol. The highest BCUT2D eigenvalue weighted by atomic mass is 35.5. The summed E-state index contributed by atoms with van der Waals surface area (Å²) in [6.45, 7) is 8.87. The second-order valence-electron chi connectivity index (χ2n) is 6.87. The average Bonchev–Trinajstić information content (AvgIpc) is 2.65. The number of fused-ring (bicyclic) bond motifs is 1. The van der Waals surface area contributed by atoms with Crippen LogP contribution in [0.5, 0.6) is 0 Å². The summed E-state index contributed by atoms with van der Waals surface area (Å²) < 4.78 is 0. The molecule has 20 heavy (non-hydrogen) atoms. The van der Waals surface area contributed by atoms with Crippen LogP contribution in [0.3, 0.4) is 0 Å². The van der Waals surface area contributed by atoms with Crippen molar-refractivity contribution in [2.75, 3.05) is 5.32 Å². The summed E-state index contributed by atoms with van der Waals surface area (Å²) in [5.41, 5.74) is 9.31. The number of nitrogens with two attached hydrogens (primary N) is 1. The molecule has 1 heterocycles. The maximum absolute atomic E-state index is 11.4. The molecule has 0 bridgehead atoms. The minimum atomic E-state index is -0.0993. The minimum Gasteiger partial charge on any atom is -0.325 e. The van der Waals surface area contributed by atoms with E-state index in [1.54, 1.807) is 0 Å². The summed E-state index contributed by atoms with van der Waals surface area (Å²) in [4.78, 5) is 11.4. The van der Waals surface area contributed by atoms with E-state index >= 15 is 0 Å². The van der Waals surface area contributed by atoms with E-state index in [1.807, 2.05) is 12.1 Å². The van der Waals surface area contributed by atoms with Crippen molar-refractivity contribution in [3.8, 4) is 0 Å². The number of anilines is 1. The summed E-state index contributed by atoms with van der Waals surface area (Å²) in [6, 6.07) is 3.70. The van der Waals surface area contributed by atoms with Gasteiger partial charge in [0.2, 0.25) is 5.91 Å². The van der Waals surface area contributed by atoms with Crippen LogP contribution in [0.15, 0.2) is 12.1 Å². The van der Waals surface area contributed by atoms with Gasteiger partial charge in [0, 0.05) is 16.8 Å². The lowest BCUT2D eigenvalue weighted by atomic mass is 9.77. The molecular weight excluding hydrogens is 272 g/mol. The molecule has 0 aliphatic carbocycles. The fraction of sp³-hybridized carbons (Fsp3) is 0.562. The molecule has 1 aromatic carbocycles. The van der Waals surface area contributed by atoms with E-state index in [9.17, 15) is 4.79 Å². The van der Waals surface area contributed by atoms with Crippen molar-refractivity contribution in [1.82, 2.24) is 0 Å². The molecule has 4 heteroatoms. The Balaban J connectivity index is 2.21. The number of carbonyl (C=O) groups is 1. The normalized spacial score (nSPS) is 17.6. The second kappa shape index (κ2) is 5.38. The SMILES string of the molecule is CC(CC(N)c1cc2c(cc1Cl)NC(=O)C2)C(C)(C)C. The molecule has 1 aromatic rings. The van der Waals surface area contributed by atoms with E-state index in [2.05, 4.69) is 33.0 Å². The molecule has 2 rings (SSSR count). The van der Waals surface area contributed by atoms with Crippen molar-refractivity contribution in [1.29, 1.82) is 0 Å². The molecule has 3 nitrogen and oxygen atoms in total. The highest BCUT2D eigenvalue weighted by molar-refractivity contribution is 6.32. The molecule has 2 atom stereocenters. The molecule has 1 amide bonds. The van der Waals surface area contributed by atoms with Gasteiger partial charge < -0.3 is 11.1 Å². The molecule has 0 radical (unpaired) electrons. The lowest BCUT2D eigenvalue weighted by Crippen LogP contribution is -2.23. The van der Waals surface area contributed by atoms with E-state index in [-0.39, 0.29) is 17.4 Å². The van der Waals surface area contributed by atoms with Crippen LogP contribution in [0.1, 0.15) is 51.3 Å². The van der Waals surface area contributed by atoms with Crippen LogP contribution in [0.25, 0.3) is 0 Å². The summed E-state index contributed by atoms with van der Waals surface area (Å²) in [5, 5.41) is 3.44. The second-order valence-corrected chi connectivity index (χ2v) is 7.27. The van der Waals surface area contributed by atoms with Crippen molar-refractivity contribution in [3.63, 3.8) is 0 Å². The van der Waals surface area contributed by atoms with Crippen LogP contribution < -0.4 is 11.1 Å². The average molecular weight is 295 g/mol. The molecule has 0 fully saturated rings. The maximum Gasteiger partial charge on any atom is 0.228 e. The first-order valence-electron chi connectivity index (χ1n) is 7.06. The smallest absolute Gasteiger partial charge is 0.228 e. The maximum atomic E-state index is 11.4. The Labute approximate surface area is 125 Å². The molecule has 0 aromatic heterocycles. The number of hydrogen-bond acceptors (Lipinski definition) is 2. The molecule has 2 unspecified atom stereocenters. The van der Waals surface area contributed by atoms with Gasteiger partial charge in [0.05, 0.1) is 6.42 Å². The van der Waals surface area contributed by atoms with Crippen molar-refractivity contribution in [2.45, 2.75) is 46.6 Å². The number of carbonyl (C=O) groups excluding carboxylic acids is 1. The number of amides is 1. The highest BCUT2D eigenvalue weighted by Crippen LogP contribution is 2.37. The number of halogens is 1. The van der Waals surface area contributed by atoms with Gasteiger partial charge in [-0.3, -0.25) is 4.79 Å². The summed E-state index contributed by atoms with van der Waals surface area (Å²) in [5.74, 6) is 0.506. The van der Waals surface area contributed by atoms with Crippen molar-refractivity contribution in [2.24, 2.45) is 17.1 Å². The van der Waals surface area contributed by atoms with Crippen LogP contribution in [0, 0.1) is 11.3 Å². The van der Waals surface area contributed by atoms with Crippen LogP contribution >= 0.6 is 11.6 Å². The molecule has 110 valence electrons. The van der Waals surface area contributed by atoms with Gasteiger partial charge in [0.25, 0.3) is 0 Å². The van der Waals surface area contributed by atoms with Crippen LogP contribution in [-0.4, -0.2) is 5.91 Å². The van der Waals surface area contributed by atoms with E-state index < -0.39 is 0 Å². The zero-order chi connectivity index (χ0) is 15.1. The Morgan fingerprint density at radius 3 is 2.65 bits per heavy atom. The Kier molecular flexibility index (Phi) is 4.12. The largest absolute Gasteiger partial charge is 0.325 e. The van der Waals surface area contributed by atoms with E-state index in [0.29, 0.717) is 17.4 Å². The molecule has 1 aliphatic rings. The predicted octanol–water partition coefficient (Wildman–Crippen LogP) is 3.91. The van der Waals surface area contributed by atoms with Crippen LogP contribution in [-0.2, 0) is 11.2 Å². The van der Waals surface area contributed by atoms with Crippen LogP contribution in [0.2, 0.25) is 5.02 Å². The van der Waals surface area contributed by atoms with Crippen molar-refractivity contribution >= 4 is 23.2 Å². The van der Waals surface area contributed by atoms with Gasteiger partial charge in [-0.15, -0.1) is 0 Å². The summed E-state index contributed by atoms with van der Waals surface area (Å²) >= 11 is 6.32. The van der Waals surface area contributed by atoms with Gasteiger partial charge in [-0.05, 0) is 34.9 Å². The third-order valence-corrected chi connectivity index (χ3v) is 4.66. The van der Waals surface area contributed by atoms with Gasteiger partial charge >= 0.3 is 0 Å². The first kappa shape index (κ1) is 15.3. The third kappa shape index (κ3) is 3.15. The Morgan fingerprint density at radius 2 is 2.05 bits per heavy atom. The van der Waals surface area contributed by atoms with Gasteiger partial charge in [-0.2, -0.15) is 0 Å². The number of rotatable bonds is 3. The Bertz CT molecular complexity index is 534. The topological polar surface area (TPSA) is 55.1 Å². The summed E-state index contributed by atoms with van der Waals surface area (Å²) in [7, 11) is 0. The lowest BCUT2D eigenvalue weighted by molar-refractivity contribution is -0.115. The molecule has 1 aliphatic heterocycles. The molecular formula is C16H23ClN2O. The quantitative estimate of drug-likeness (QED) is 0.888. The highest BCUT2D eigenvalue weighted by Gasteiger charge is 2.26. The lowest BCUT2D eigenvalue weighted by Gasteiger charge is -2.30. The van der Waals surface area contributed by atoms with Crippen LogP contribution in [0.4, 0.5) is 5.69 Å². The Hall–Kier alpha value is -1.06. The van der Waals surface area contributed by atoms with E-state index in [4.69, 9.17) is 17.3 Å². The fourth-order valence-corrected chi connectivity index (χ4v) is 2.72.